The molecule has 0 aliphatic heterocycles. The fourth-order valence-electron chi connectivity index (χ4n) is 1.40. The molecule has 0 saturated heterocycles. The van der Waals surface area contributed by atoms with Gasteiger partial charge < -0.3 is 5.11 Å². The number of rotatable bonds is 4. The van der Waals surface area contributed by atoms with Gasteiger partial charge in [0.2, 0.25) is 0 Å². The SMILES string of the molecule is CCS(=O)(=O)c1ccc(C(C)(C#N)C(=O)O)cc1. The maximum Gasteiger partial charge on any atom is 0.328 e. The van der Waals surface area contributed by atoms with E-state index in [1.807, 2.05) is 0 Å². The van der Waals surface area contributed by atoms with Gasteiger partial charge in [0.05, 0.1) is 16.7 Å². The van der Waals surface area contributed by atoms with Crippen LogP contribution in [0, 0.1) is 11.3 Å². The summed E-state index contributed by atoms with van der Waals surface area (Å²) in [5, 5.41) is 18.0. The molecule has 5 nitrogen and oxygen atoms in total. The topological polar surface area (TPSA) is 95.2 Å². The summed E-state index contributed by atoms with van der Waals surface area (Å²) in [5.74, 6) is -1.29. The molecular weight excluding hydrogens is 254 g/mol. The van der Waals surface area contributed by atoms with Gasteiger partial charge in [0.15, 0.2) is 15.3 Å². The monoisotopic (exact) mass is 267 g/mol. The van der Waals surface area contributed by atoms with Gasteiger partial charge in [0.25, 0.3) is 0 Å². The van der Waals surface area contributed by atoms with Gasteiger partial charge in [-0.2, -0.15) is 5.26 Å². The molecule has 96 valence electrons. The maximum absolute atomic E-state index is 11.6. The van der Waals surface area contributed by atoms with E-state index in [0.717, 1.165) is 0 Å². The van der Waals surface area contributed by atoms with E-state index in [1.165, 1.54) is 38.1 Å². The van der Waals surface area contributed by atoms with Crippen molar-refractivity contribution in [2.75, 3.05) is 5.75 Å². The summed E-state index contributed by atoms with van der Waals surface area (Å²) >= 11 is 0. The Labute approximate surface area is 106 Å². The number of nitrogens with zero attached hydrogens (tertiary/aromatic N) is 1. The highest BCUT2D eigenvalue weighted by Gasteiger charge is 2.35. The predicted molar refractivity (Wildman–Crippen MR) is 64.8 cm³/mol. The lowest BCUT2D eigenvalue weighted by Crippen LogP contribution is -2.30. The molecule has 0 saturated carbocycles. The van der Waals surface area contributed by atoms with Gasteiger partial charge >= 0.3 is 5.97 Å². The van der Waals surface area contributed by atoms with Crippen molar-refractivity contribution in [3.05, 3.63) is 29.8 Å². The van der Waals surface area contributed by atoms with E-state index < -0.39 is 21.2 Å². The minimum atomic E-state index is -3.32. The molecule has 0 spiro atoms. The molecule has 0 aromatic heterocycles. The van der Waals surface area contributed by atoms with E-state index in [2.05, 4.69) is 0 Å². The average Bonchev–Trinajstić information content (AvgIpc) is 2.37. The first-order valence-electron chi connectivity index (χ1n) is 5.26. The molecule has 18 heavy (non-hydrogen) atoms. The first-order valence-corrected chi connectivity index (χ1v) is 6.91. The third-order valence-electron chi connectivity index (χ3n) is 2.82. The lowest BCUT2D eigenvalue weighted by molar-refractivity contribution is -0.141. The van der Waals surface area contributed by atoms with Crippen molar-refractivity contribution in [1.82, 2.24) is 0 Å². The smallest absolute Gasteiger partial charge is 0.328 e. The lowest BCUT2D eigenvalue weighted by atomic mass is 9.84. The van der Waals surface area contributed by atoms with E-state index in [9.17, 15) is 13.2 Å². The molecule has 0 radical (unpaired) electrons. The largest absolute Gasteiger partial charge is 0.480 e. The van der Waals surface area contributed by atoms with E-state index >= 15 is 0 Å². The van der Waals surface area contributed by atoms with E-state index in [0.29, 0.717) is 0 Å². The van der Waals surface area contributed by atoms with Crippen molar-refractivity contribution >= 4 is 15.8 Å². The Hall–Kier alpha value is -1.87. The number of nitriles is 1. The van der Waals surface area contributed by atoms with Crippen molar-refractivity contribution in [2.24, 2.45) is 0 Å². The second-order valence-corrected chi connectivity index (χ2v) is 6.25. The van der Waals surface area contributed by atoms with Gasteiger partial charge in [-0.3, -0.25) is 4.79 Å². The molecular formula is C12H13NO4S. The van der Waals surface area contributed by atoms with E-state index in [4.69, 9.17) is 10.4 Å². The van der Waals surface area contributed by atoms with E-state index in [1.54, 1.807) is 6.07 Å². The minimum Gasteiger partial charge on any atom is -0.480 e. The maximum atomic E-state index is 11.6. The summed E-state index contributed by atoms with van der Waals surface area (Å²) in [5.41, 5.74) is -1.42. The molecule has 1 aromatic rings. The highest BCUT2D eigenvalue weighted by molar-refractivity contribution is 7.91. The molecule has 0 fully saturated rings. The van der Waals surface area contributed by atoms with Crippen LogP contribution in [0.25, 0.3) is 0 Å². The Bertz CT molecular complexity index is 598. The van der Waals surface area contributed by atoms with Gasteiger partial charge in [-0.15, -0.1) is 0 Å². The van der Waals surface area contributed by atoms with Crippen molar-refractivity contribution in [1.29, 1.82) is 5.26 Å². The molecule has 0 aliphatic carbocycles. The number of carbonyl (C=O) groups is 1. The van der Waals surface area contributed by atoms with Crippen LogP contribution in [0.4, 0.5) is 0 Å². The second kappa shape index (κ2) is 4.78. The van der Waals surface area contributed by atoms with Gasteiger partial charge in [-0.05, 0) is 24.6 Å². The Balaban J connectivity index is 3.27. The summed E-state index contributed by atoms with van der Waals surface area (Å²) in [6, 6.07) is 7.09. The third-order valence-corrected chi connectivity index (χ3v) is 4.57. The summed E-state index contributed by atoms with van der Waals surface area (Å²) in [6.45, 7) is 2.80. The van der Waals surface area contributed by atoms with Crippen LogP contribution in [0.5, 0.6) is 0 Å². The molecule has 0 amide bonds. The molecule has 1 aromatic carbocycles. The van der Waals surface area contributed by atoms with Crippen LogP contribution in [0.3, 0.4) is 0 Å². The number of carboxylic acids is 1. The zero-order valence-electron chi connectivity index (χ0n) is 10.0. The summed E-state index contributed by atoms with van der Waals surface area (Å²) in [7, 11) is -3.32. The molecule has 0 bridgehead atoms. The van der Waals surface area contributed by atoms with Crippen LogP contribution in [-0.4, -0.2) is 25.2 Å². The average molecular weight is 267 g/mol. The summed E-state index contributed by atoms with van der Waals surface area (Å²) < 4.78 is 23.2. The Kier molecular flexibility index (Phi) is 3.77. The Morgan fingerprint density at radius 1 is 1.39 bits per heavy atom. The Morgan fingerprint density at radius 2 is 1.89 bits per heavy atom. The first kappa shape index (κ1) is 14.2. The van der Waals surface area contributed by atoms with Crippen LogP contribution >= 0.6 is 0 Å². The summed E-state index contributed by atoms with van der Waals surface area (Å²) in [6.07, 6.45) is 0. The first-order chi connectivity index (χ1) is 8.28. The van der Waals surface area contributed by atoms with Crippen molar-refractivity contribution < 1.29 is 18.3 Å². The lowest BCUT2D eigenvalue weighted by Gasteiger charge is -2.16. The fourth-order valence-corrected chi connectivity index (χ4v) is 2.28. The number of benzene rings is 1. The number of sulfone groups is 1. The molecule has 0 aliphatic rings. The fraction of sp³-hybridized carbons (Fsp3) is 0.333. The number of aliphatic carboxylic acids is 1. The molecule has 1 rings (SSSR count). The summed E-state index contributed by atoms with van der Waals surface area (Å²) in [4.78, 5) is 11.2. The van der Waals surface area contributed by atoms with Gasteiger partial charge in [0.1, 0.15) is 0 Å². The van der Waals surface area contributed by atoms with Crippen LogP contribution in [0.2, 0.25) is 0 Å². The van der Waals surface area contributed by atoms with Gasteiger partial charge in [-0.25, -0.2) is 8.42 Å². The number of carboxylic acid groups (broad SMARTS) is 1. The number of hydrogen-bond donors (Lipinski definition) is 1. The zero-order chi connectivity index (χ0) is 14.0. The second-order valence-electron chi connectivity index (χ2n) is 3.97. The molecule has 6 heteroatoms. The normalized spacial score (nSPS) is 14.5. The highest BCUT2D eigenvalue weighted by Crippen LogP contribution is 2.24. The minimum absolute atomic E-state index is 0.0270. The van der Waals surface area contributed by atoms with Gasteiger partial charge in [0, 0.05) is 0 Å². The van der Waals surface area contributed by atoms with Crippen molar-refractivity contribution in [2.45, 2.75) is 24.2 Å². The van der Waals surface area contributed by atoms with Crippen LogP contribution in [0.1, 0.15) is 19.4 Å². The standard InChI is InChI=1S/C12H13NO4S/c1-3-18(16,17)10-6-4-9(5-7-10)12(2,8-13)11(14)15/h4-7H,3H2,1-2H3,(H,14,15). The quantitative estimate of drug-likeness (QED) is 0.888. The van der Waals surface area contributed by atoms with Crippen LogP contribution in [-0.2, 0) is 20.0 Å². The zero-order valence-corrected chi connectivity index (χ0v) is 10.9. The predicted octanol–water partition coefficient (Wildman–Crippen LogP) is 1.35. The third kappa shape index (κ3) is 2.36. The molecule has 1 N–H and O–H groups in total. The van der Waals surface area contributed by atoms with Crippen LogP contribution in [0.15, 0.2) is 29.2 Å². The van der Waals surface area contributed by atoms with Gasteiger partial charge in [-0.1, -0.05) is 19.1 Å². The molecule has 1 atom stereocenters. The van der Waals surface area contributed by atoms with Crippen molar-refractivity contribution in [3.8, 4) is 6.07 Å². The molecule has 0 heterocycles. The number of hydrogen-bond acceptors (Lipinski definition) is 4. The van der Waals surface area contributed by atoms with E-state index in [-0.39, 0.29) is 16.2 Å². The highest BCUT2D eigenvalue weighted by atomic mass is 32.2. The molecule has 1 unspecified atom stereocenters. The Morgan fingerprint density at radius 3 is 2.22 bits per heavy atom. The van der Waals surface area contributed by atoms with Crippen molar-refractivity contribution in [3.63, 3.8) is 0 Å². The van der Waals surface area contributed by atoms with Crippen LogP contribution < -0.4 is 0 Å².